The average Bonchev–Trinajstić information content (AvgIpc) is 3.00. The predicted molar refractivity (Wildman–Crippen MR) is 142 cm³/mol. The molecule has 1 aliphatic rings. The van der Waals surface area contributed by atoms with Crippen molar-refractivity contribution in [3.63, 3.8) is 0 Å². The molecule has 0 saturated heterocycles. The Kier molecular flexibility index (Phi) is 6.01. The zero-order valence-electron chi connectivity index (χ0n) is 18.1. The molecule has 0 amide bonds. The summed E-state index contributed by atoms with van der Waals surface area (Å²) in [4.78, 5) is 0. The SMILES string of the molecule is CSB1c2ccc(C#Cc3ccccc3)cc2C=Cc2cc(Cc3ccccc3)ccc21. The lowest BCUT2D eigenvalue weighted by atomic mass is 9.59. The zero-order chi connectivity index (χ0) is 21.8. The Morgan fingerprint density at radius 1 is 0.625 bits per heavy atom. The summed E-state index contributed by atoms with van der Waals surface area (Å²) in [6.45, 7) is 0. The maximum absolute atomic E-state index is 3.33. The lowest BCUT2D eigenvalue weighted by molar-refractivity contribution is 1.19. The smallest absolute Gasteiger partial charge is 0.200 e. The lowest BCUT2D eigenvalue weighted by Crippen LogP contribution is -2.41. The van der Waals surface area contributed by atoms with Crippen LogP contribution in [0.3, 0.4) is 0 Å². The van der Waals surface area contributed by atoms with Crippen LogP contribution in [0.1, 0.15) is 33.4 Å². The summed E-state index contributed by atoms with van der Waals surface area (Å²) in [5, 5.41) is 0. The third-order valence-corrected chi connectivity index (χ3v) is 6.84. The summed E-state index contributed by atoms with van der Waals surface area (Å²) in [6.07, 6.45) is 7.68. The zero-order valence-corrected chi connectivity index (χ0v) is 18.9. The molecule has 32 heavy (non-hydrogen) atoms. The summed E-state index contributed by atoms with van der Waals surface area (Å²) in [7, 11) is 0. The molecule has 4 aromatic rings. The molecule has 1 heterocycles. The Morgan fingerprint density at radius 2 is 1.25 bits per heavy atom. The molecular formula is C30H23BS. The maximum atomic E-state index is 3.33. The van der Waals surface area contributed by atoms with Gasteiger partial charge in [-0.05, 0) is 59.2 Å². The number of rotatable bonds is 3. The molecule has 0 bridgehead atoms. The topological polar surface area (TPSA) is 0 Å². The van der Waals surface area contributed by atoms with E-state index in [0.29, 0.717) is 5.99 Å². The minimum Gasteiger partial charge on any atom is -0.200 e. The molecule has 0 N–H and O–H groups in total. The Hall–Kier alpha value is -3.41. The minimum atomic E-state index is 0.317. The van der Waals surface area contributed by atoms with E-state index in [4.69, 9.17) is 0 Å². The quantitative estimate of drug-likeness (QED) is 0.302. The van der Waals surface area contributed by atoms with E-state index < -0.39 is 0 Å². The van der Waals surface area contributed by atoms with E-state index in [1.165, 1.54) is 33.2 Å². The fraction of sp³-hybridized carbons (Fsp3) is 0.0667. The van der Waals surface area contributed by atoms with Gasteiger partial charge < -0.3 is 0 Å². The second-order valence-corrected chi connectivity index (χ2v) is 8.98. The highest BCUT2D eigenvalue weighted by Crippen LogP contribution is 2.20. The molecule has 152 valence electrons. The van der Waals surface area contributed by atoms with Gasteiger partial charge in [0.15, 0.2) is 0 Å². The van der Waals surface area contributed by atoms with Crippen molar-refractivity contribution >= 4 is 40.7 Å². The van der Waals surface area contributed by atoms with Gasteiger partial charge in [0, 0.05) is 11.1 Å². The maximum Gasteiger partial charge on any atom is 0.275 e. The van der Waals surface area contributed by atoms with E-state index in [1.807, 2.05) is 41.9 Å². The molecule has 0 atom stereocenters. The van der Waals surface area contributed by atoms with Crippen molar-refractivity contribution in [3.8, 4) is 11.8 Å². The molecule has 0 radical (unpaired) electrons. The fourth-order valence-corrected chi connectivity index (χ4v) is 5.19. The Labute approximate surface area is 195 Å². The van der Waals surface area contributed by atoms with Crippen LogP contribution in [-0.4, -0.2) is 12.2 Å². The summed E-state index contributed by atoms with van der Waals surface area (Å²) >= 11 is 1.89. The Balaban J connectivity index is 1.48. The van der Waals surface area contributed by atoms with Gasteiger partial charge in [0.2, 0.25) is 0 Å². The van der Waals surface area contributed by atoms with Crippen LogP contribution in [-0.2, 0) is 6.42 Å². The third-order valence-electron chi connectivity index (χ3n) is 5.86. The molecule has 0 saturated carbocycles. The average molecular weight is 426 g/mol. The van der Waals surface area contributed by atoms with Crippen LogP contribution in [0.15, 0.2) is 97.1 Å². The standard InChI is InChI=1S/C30H23BS/c1-32-31-29-18-14-25(13-12-23-8-4-2-5-9-23)21-27(29)16-17-28-22-26(15-19-30(28)31)20-24-10-6-3-7-11-24/h2-11,14-19,21-22H,20H2,1H3. The summed E-state index contributed by atoms with van der Waals surface area (Å²) in [6, 6.07) is 34.4. The van der Waals surface area contributed by atoms with Crippen molar-refractivity contribution in [2.24, 2.45) is 0 Å². The lowest BCUT2D eigenvalue weighted by Gasteiger charge is -2.16. The van der Waals surface area contributed by atoms with Crippen molar-refractivity contribution in [2.75, 3.05) is 6.26 Å². The van der Waals surface area contributed by atoms with Gasteiger partial charge in [-0.1, -0.05) is 108 Å². The van der Waals surface area contributed by atoms with Gasteiger partial charge in [-0.15, -0.1) is 0 Å². The molecule has 0 aliphatic carbocycles. The molecule has 0 nitrogen and oxygen atoms in total. The molecule has 0 fully saturated rings. The number of hydrogen-bond donors (Lipinski definition) is 0. The van der Waals surface area contributed by atoms with Crippen LogP contribution in [0.5, 0.6) is 0 Å². The molecule has 4 aromatic carbocycles. The molecule has 5 rings (SSSR count). The van der Waals surface area contributed by atoms with Crippen molar-refractivity contribution in [1.82, 2.24) is 0 Å². The molecule has 2 heteroatoms. The van der Waals surface area contributed by atoms with Crippen molar-refractivity contribution in [3.05, 3.63) is 130 Å². The highest BCUT2D eigenvalue weighted by molar-refractivity contribution is 8.27. The molecule has 0 unspecified atom stereocenters. The van der Waals surface area contributed by atoms with E-state index in [1.54, 1.807) is 0 Å². The Morgan fingerprint density at radius 3 is 1.97 bits per heavy atom. The number of benzene rings is 4. The van der Waals surface area contributed by atoms with Gasteiger partial charge in [0.05, 0.1) is 0 Å². The first-order chi connectivity index (χ1) is 15.8. The highest BCUT2D eigenvalue weighted by atomic mass is 32.2. The van der Waals surface area contributed by atoms with E-state index in [9.17, 15) is 0 Å². The van der Waals surface area contributed by atoms with Crippen molar-refractivity contribution in [1.29, 1.82) is 0 Å². The largest absolute Gasteiger partial charge is 0.275 e. The van der Waals surface area contributed by atoms with Gasteiger partial charge in [0.25, 0.3) is 5.99 Å². The van der Waals surface area contributed by atoms with Crippen molar-refractivity contribution in [2.45, 2.75) is 6.42 Å². The summed E-state index contributed by atoms with van der Waals surface area (Å²) in [5.41, 5.74) is 10.1. The minimum absolute atomic E-state index is 0.317. The van der Waals surface area contributed by atoms with Gasteiger partial charge in [-0.3, -0.25) is 0 Å². The van der Waals surface area contributed by atoms with Crippen LogP contribution < -0.4 is 10.9 Å². The summed E-state index contributed by atoms with van der Waals surface area (Å²) in [5.74, 6) is 6.92. The molecule has 0 aromatic heterocycles. The highest BCUT2D eigenvalue weighted by Gasteiger charge is 2.25. The number of fused-ring (bicyclic) bond motifs is 2. The van der Waals surface area contributed by atoms with E-state index in [2.05, 4.69) is 97.0 Å². The first kappa shape index (κ1) is 20.5. The van der Waals surface area contributed by atoms with Gasteiger partial charge in [-0.2, -0.15) is 0 Å². The summed E-state index contributed by atoms with van der Waals surface area (Å²) < 4.78 is 0. The van der Waals surface area contributed by atoms with Crippen LogP contribution in [0.25, 0.3) is 12.2 Å². The van der Waals surface area contributed by atoms with E-state index in [0.717, 1.165) is 17.5 Å². The Bertz CT molecular complexity index is 1330. The van der Waals surface area contributed by atoms with Crippen LogP contribution in [0, 0.1) is 11.8 Å². The fourth-order valence-electron chi connectivity index (χ4n) is 4.25. The van der Waals surface area contributed by atoms with Crippen LogP contribution in [0.2, 0.25) is 0 Å². The second-order valence-electron chi connectivity index (χ2n) is 8.03. The monoisotopic (exact) mass is 426 g/mol. The molecular weight excluding hydrogens is 403 g/mol. The number of hydrogen-bond acceptors (Lipinski definition) is 1. The van der Waals surface area contributed by atoms with Crippen LogP contribution in [0.4, 0.5) is 0 Å². The van der Waals surface area contributed by atoms with E-state index in [-0.39, 0.29) is 0 Å². The third kappa shape index (κ3) is 4.45. The predicted octanol–water partition coefficient (Wildman–Crippen LogP) is 5.63. The molecule has 1 aliphatic heterocycles. The van der Waals surface area contributed by atoms with Crippen LogP contribution >= 0.6 is 11.6 Å². The first-order valence-corrected chi connectivity index (χ1v) is 12.2. The van der Waals surface area contributed by atoms with Gasteiger partial charge in [0.1, 0.15) is 0 Å². The second kappa shape index (κ2) is 9.39. The van der Waals surface area contributed by atoms with Gasteiger partial charge in [-0.25, -0.2) is 11.6 Å². The normalized spacial score (nSPS) is 11.7. The van der Waals surface area contributed by atoms with Crippen molar-refractivity contribution < 1.29 is 0 Å². The van der Waals surface area contributed by atoms with Gasteiger partial charge >= 0.3 is 0 Å². The first-order valence-electron chi connectivity index (χ1n) is 10.9. The molecule has 0 spiro atoms. The van der Waals surface area contributed by atoms with E-state index >= 15 is 0 Å².